The maximum Gasteiger partial charge on any atom is 0.414 e. The second-order valence-corrected chi connectivity index (χ2v) is 9.78. The van der Waals surface area contributed by atoms with Crippen molar-refractivity contribution in [3.63, 3.8) is 0 Å². The van der Waals surface area contributed by atoms with Gasteiger partial charge in [-0.3, -0.25) is 9.69 Å². The molecule has 11 heteroatoms. The van der Waals surface area contributed by atoms with E-state index in [0.717, 1.165) is 10.4 Å². The molecule has 4 heterocycles. The molecule has 6 rings (SSSR count). The summed E-state index contributed by atoms with van der Waals surface area (Å²) >= 11 is 7.45. The first-order valence-electron chi connectivity index (χ1n) is 11.1. The van der Waals surface area contributed by atoms with E-state index in [9.17, 15) is 9.59 Å². The van der Waals surface area contributed by atoms with E-state index in [1.807, 2.05) is 41.0 Å². The third-order valence-corrected chi connectivity index (χ3v) is 7.00. The highest BCUT2D eigenvalue weighted by molar-refractivity contribution is 7.19. The zero-order chi connectivity index (χ0) is 24.6. The van der Waals surface area contributed by atoms with E-state index in [-0.39, 0.29) is 17.8 Å². The first-order chi connectivity index (χ1) is 17.5. The zero-order valence-electron chi connectivity index (χ0n) is 18.7. The molecule has 3 aromatic heterocycles. The third kappa shape index (κ3) is 4.21. The van der Waals surface area contributed by atoms with Crippen molar-refractivity contribution in [1.82, 2.24) is 14.7 Å². The quantitative estimate of drug-likeness (QED) is 0.310. The normalized spacial score (nSPS) is 13.4. The van der Waals surface area contributed by atoms with E-state index in [2.05, 4.69) is 15.5 Å². The summed E-state index contributed by atoms with van der Waals surface area (Å²) in [5, 5.41) is 7.08. The van der Waals surface area contributed by atoms with Gasteiger partial charge in [-0.05, 0) is 48.5 Å². The summed E-state index contributed by atoms with van der Waals surface area (Å²) in [6, 6.07) is 20.0. The van der Waals surface area contributed by atoms with Gasteiger partial charge < -0.3 is 19.1 Å². The Bertz CT molecular complexity index is 1590. The van der Waals surface area contributed by atoms with Gasteiger partial charge in [0.1, 0.15) is 12.3 Å². The number of amides is 2. The number of hydrogen-bond acceptors (Lipinski definition) is 7. The van der Waals surface area contributed by atoms with Crippen LogP contribution in [0.5, 0.6) is 0 Å². The van der Waals surface area contributed by atoms with Gasteiger partial charge in [0, 0.05) is 17.4 Å². The number of thiophene rings is 1. The van der Waals surface area contributed by atoms with Crippen molar-refractivity contribution < 1.29 is 18.8 Å². The molecule has 0 unspecified atom stereocenters. The van der Waals surface area contributed by atoms with Gasteiger partial charge in [0.25, 0.3) is 5.91 Å². The molecule has 1 saturated heterocycles. The number of rotatable bonds is 6. The molecule has 9 nitrogen and oxygen atoms in total. The summed E-state index contributed by atoms with van der Waals surface area (Å²) < 4.78 is 13.0. The molecule has 0 spiro atoms. The van der Waals surface area contributed by atoms with E-state index in [1.165, 1.54) is 11.3 Å². The molecule has 0 atom stereocenters. The molecule has 1 aliphatic heterocycles. The number of cyclic esters (lactones) is 1. The number of anilines is 2. The third-order valence-electron chi connectivity index (χ3n) is 5.75. The number of halogens is 1. The molecule has 1 aliphatic rings. The minimum atomic E-state index is -0.376. The molecule has 1 fully saturated rings. The topological polar surface area (TPSA) is 102 Å². The largest absolute Gasteiger partial charge is 0.447 e. The van der Waals surface area contributed by atoms with E-state index in [4.69, 9.17) is 20.9 Å². The van der Waals surface area contributed by atoms with Crippen LogP contribution in [0.25, 0.3) is 21.7 Å². The average Bonchev–Trinajstić information content (AvgIpc) is 3.67. The Hall–Kier alpha value is -4.15. The molecule has 0 radical (unpaired) electrons. The summed E-state index contributed by atoms with van der Waals surface area (Å²) in [5.41, 5.74) is 3.42. The highest BCUT2D eigenvalue weighted by Gasteiger charge is 2.24. The number of ether oxygens (including phenoxy) is 1. The monoisotopic (exact) mass is 519 g/mol. The average molecular weight is 520 g/mol. The van der Waals surface area contributed by atoms with Crippen LogP contribution in [-0.2, 0) is 11.3 Å². The molecular weight excluding hydrogens is 502 g/mol. The van der Waals surface area contributed by atoms with Gasteiger partial charge in [-0.2, -0.15) is 0 Å². The number of para-hydroxylation sites is 2. The number of benzene rings is 2. The van der Waals surface area contributed by atoms with Gasteiger partial charge in [0.2, 0.25) is 5.82 Å². The lowest BCUT2D eigenvalue weighted by Crippen LogP contribution is -2.23. The van der Waals surface area contributed by atoms with Crippen molar-refractivity contribution in [1.29, 1.82) is 0 Å². The van der Waals surface area contributed by atoms with Gasteiger partial charge in [-0.15, -0.1) is 11.3 Å². The highest BCUT2D eigenvalue weighted by Crippen LogP contribution is 2.32. The number of aromatic nitrogens is 3. The number of carbonyl (C=O) groups is 2. The molecule has 180 valence electrons. The smallest absolute Gasteiger partial charge is 0.414 e. The van der Waals surface area contributed by atoms with Crippen molar-refractivity contribution >= 4 is 57.3 Å². The van der Waals surface area contributed by atoms with E-state index in [1.54, 1.807) is 35.2 Å². The second-order valence-electron chi connectivity index (χ2n) is 8.06. The number of fused-ring (bicyclic) bond motifs is 1. The molecule has 0 aliphatic carbocycles. The number of nitrogens with one attached hydrogen (secondary N) is 1. The molecule has 2 amide bonds. The lowest BCUT2D eigenvalue weighted by Gasteiger charge is -2.13. The minimum absolute atomic E-state index is 0.243. The second kappa shape index (κ2) is 9.14. The Morgan fingerprint density at radius 3 is 2.69 bits per heavy atom. The van der Waals surface area contributed by atoms with Crippen LogP contribution >= 0.6 is 22.9 Å². The summed E-state index contributed by atoms with van der Waals surface area (Å²) in [5.74, 6) is 0.486. The van der Waals surface area contributed by atoms with Crippen molar-refractivity contribution in [2.45, 2.75) is 6.54 Å². The van der Waals surface area contributed by atoms with Gasteiger partial charge in [-0.1, -0.05) is 28.9 Å². The number of imidazole rings is 1. The first-order valence-corrected chi connectivity index (χ1v) is 12.3. The van der Waals surface area contributed by atoms with Crippen molar-refractivity contribution in [3.05, 3.63) is 82.6 Å². The summed E-state index contributed by atoms with van der Waals surface area (Å²) in [7, 11) is 0. The van der Waals surface area contributed by atoms with Gasteiger partial charge in [-0.25, -0.2) is 9.78 Å². The summed E-state index contributed by atoms with van der Waals surface area (Å²) in [4.78, 5) is 32.1. The number of nitrogens with zero attached hydrogens (tertiary/aromatic N) is 4. The molecule has 1 N–H and O–H groups in total. The Kier molecular flexibility index (Phi) is 5.67. The molecular formula is C25H18ClN5O4S. The van der Waals surface area contributed by atoms with Crippen molar-refractivity contribution in [3.8, 4) is 10.6 Å². The summed E-state index contributed by atoms with van der Waals surface area (Å²) in [6.07, 6.45) is -0.376. The molecule has 0 bridgehead atoms. The predicted octanol–water partition coefficient (Wildman–Crippen LogP) is 5.66. The van der Waals surface area contributed by atoms with Crippen molar-refractivity contribution in [2.24, 2.45) is 0 Å². The van der Waals surface area contributed by atoms with Crippen LogP contribution in [0.1, 0.15) is 16.3 Å². The Labute approximate surface area is 213 Å². The van der Waals surface area contributed by atoms with Crippen LogP contribution in [0.2, 0.25) is 4.34 Å². The number of carbonyl (C=O) groups excluding carboxylic acids is 2. The van der Waals surface area contributed by atoms with Gasteiger partial charge in [0.05, 0.1) is 33.3 Å². The molecule has 2 aromatic carbocycles. The maximum atomic E-state index is 13.3. The maximum absolute atomic E-state index is 13.3. The Morgan fingerprint density at radius 1 is 1.11 bits per heavy atom. The van der Waals surface area contributed by atoms with Crippen molar-refractivity contribution in [2.75, 3.05) is 23.4 Å². The Morgan fingerprint density at radius 2 is 1.94 bits per heavy atom. The molecule has 0 saturated carbocycles. The predicted molar refractivity (Wildman–Crippen MR) is 137 cm³/mol. The van der Waals surface area contributed by atoms with E-state index >= 15 is 0 Å². The van der Waals surface area contributed by atoms with E-state index < -0.39 is 0 Å². The summed E-state index contributed by atoms with van der Waals surface area (Å²) in [6.45, 7) is 1.15. The van der Waals surface area contributed by atoms with Crippen LogP contribution in [0.3, 0.4) is 0 Å². The zero-order valence-corrected chi connectivity index (χ0v) is 20.3. The first kappa shape index (κ1) is 22.3. The number of hydrogen-bond donors (Lipinski definition) is 1. The van der Waals surface area contributed by atoms with Crippen LogP contribution in [0.4, 0.5) is 16.2 Å². The molecule has 36 heavy (non-hydrogen) atoms. The SMILES string of the molecule is O=C(Nc1ccc(N2CCOC2=O)cc1)c1nc2ccccc2n1Cc1cc(-c2ccc(Cl)s2)on1. The van der Waals surface area contributed by atoms with E-state index in [0.29, 0.717) is 52.4 Å². The van der Waals surface area contributed by atoms with Crippen LogP contribution in [0.15, 0.2) is 71.3 Å². The fourth-order valence-corrected chi connectivity index (χ4v) is 5.05. The van der Waals surface area contributed by atoms with Crippen LogP contribution < -0.4 is 10.2 Å². The standard InChI is InChI=1S/C25H18ClN5O4S/c26-22-10-9-21(36-22)20-13-16(29-35-20)14-31-19-4-2-1-3-18(19)28-23(31)24(32)27-15-5-7-17(8-6-15)30-11-12-34-25(30)33/h1-10,13H,11-12,14H2,(H,27,32). The minimum Gasteiger partial charge on any atom is -0.447 e. The highest BCUT2D eigenvalue weighted by atomic mass is 35.5. The Balaban J connectivity index is 1.26. The fourth-order valence-electron chi connectivity index (χ4n) is 4.06. The lowest BCUT2D eigenvalue weighted by atomic mass is 10.2. The van der Waals surface area contributed by atoms with Gasteiger partial charge >= 0.3 is 6.09 Å². The molecule has 5 aromatic rings. The fraction of sp³-hybridized carbons (Fsp3) is 0.120. The lowest BCUT2D eigenvalue weighted by molar-refractivity contribution is 0.101. The van der Waals surface area contributed by atoms with Gasteiger partial charge in [0.15, 0.2) is 5.76 Å². The van der Waals surface area contributed by atoms with Crippen LogP contribution in [-0.4, -0.2) is 39.9 Å². The van der Waals surface area contributed by atoms with Crippen LogP contribution in [0, 0.1) is 0 Å².